The summed E-state index contributed by atoms with van der Waals surface area (Å²) in [7, 11) is 0. The summed E-state index contributed by atoms with van der Waals surface area (Å²) in [4.78, 5) is 31.5. The van der Waals surface area contributed by atoms with Gasteiger partial charge in [-0.1, -0.05) is 63.2 Å². The quantitative estimate of drug-likeness (QED) is 0.444. The minimum absolute atomic E-state index is 0.0369. The predicted molar refractivity (Wildman–Crippen MR) is 148 cm³/mol. The topological polar surface area (TPSA) is 53.1 Å². The van der Waals surface area contributed by atoms with Crippen molar-refractivity contribution in [1.29, 1.82) is 0 Å². The number of hydrogen-bond donors (Lipinski definition) is 0. The number of nitrogens with zero attached hydrogens (tertiary/aromatic N) is 3. The third-order valence-electron chi connectivity index (χ3n) is 8.16. The molecular formula is C31H40F3N3O3. The zero-order valence-corrected chi connectivity index (χ0v) is 23.8. The summed E-state index contributed by atoms with van der Waals surface area (Å²) < 4.78 is 42.3. The number of hydrogen-bond acceptors (Lipinski definition) is 4. The molecule has 0 spiro atoms. The van der Waals surface area contributed by atoms with Crippen LogP contribution in [0, 0.1) is 11.3 Å². The molecule has 2 aliphatic rings. The number of alkyl halides is 3. The molecule has 218 valence electrons. The molecule has 2 aliphatic heterocycles. The first-order chi connectivity index (χ1) is 18.8. The second kappa shape index (κ2) is 12.2. The van der Waals surface area contributed by atoms with Gasteiger partial charge in [0.25, 0.3) is 0 Å². The molecule has 0 N–H and O–H groups in total. The van der Waals surface area contributed by atoms with Crippen LogP contribution in [0.3, 0.4) is 0 Å². The molecule has 9 heteroatoms. The van der Waals surface area contributed by atoms with Gasteiger partial charge in [-0.2, -0.15) is 0 Å². The van der Waals surface area contributed by atoms with Crippen LogP contribution in [0.4, 0.5) is 13.2 Å². The first-order valence-corrected chi connectivity index (χ1v) is 14.0. The molecule has 0 bridgehead atoms. The lowest BCUT2D eigenvalue weighted by atomic mass is 9.82. The van der Waals surface area contributed by atoms with Crippen molar-refractivity contribution in [2.45, 2.75) is 65.4 Å². The van der Waals surface area contributed by atoms with E-state index in [2.05, 4.69) is 30.4 Å². The summed E-state index contributed by atoms with van der Waals surface area (Å²) in [5.74, 6) is 0.270. The minimum atomic E-state index is -4.74. The molecule has 2 atom stereocenters. The van der Waals surface area contributed by atoms with Gasteiger partial charge in [0.15, 0.2) is 0 Å². The molecular weight excluding hydrogens is 519 g/mol. The number of piperidine rings is 1. The van der Waals surface area contributed by atoms with E-state index in [1.165, 1.54) is 12.1 Å². The van der Waals surface area contributed by atoms with Gasteiger partial charge < -0.3 is 14.5 Å². The lowest BCUT2D eigenvalue weighted by Crippen LogP contribution is -2.60. The highest BCUT2D eigenvalue weighted by molar-refractivity contribution is 5.77. The fourth-order valence-electron chi connectivity index (χ4n) is 6.00. The first kappa shape index (κ1) is 29.9. The van der Waals surface area contributed by atoms with E-state index in [0.717, 1.165) is 24.0 Å². The van der Waals surface area contributed by atoms with Crippen molar-refractivity contribution >= 4 is 11.8 Å². The van der Waals surface area contributed by atoms with E-state index < -0.39 is 6.36 Å². The van der Waals surface area contributed by atoms with E-state index in [1.54, 1.807) is 19.1 Å². The third kappa shape index (κ3) is 7.56. The minimum Gasteiger partial charge on any atom is -0.406 e. The summed E-state index contributed by atoms with van der Waals surface area (Å²) >= 11 is 0. The molecule has 6 nitrogen and oxygen atoms in total. The second-order valence-electron chi connectivity index (χ2n) is 12.0. The van der Waals surface area contributed by atoms with Crippen molar-refractivity contribution < 1.29 is 27.5 Å². The van der Waals surface area contributed by atoms with Crippen molar-refractivity contribution in [2.75, 3.05) is 32.7 Å². The number of ether oxygens (including phenoxy) is 1. The summed E-state index contributed by atoms with van der Waals surface area (Å²) in [6.07, 6.45) is -2.57. The molecule has 2 aromatic carbocycles. The number of carbonyl (C=O) groups is 2. The average Bonchev–Trinajstić information content (AvgIpc) is 2.89. The zero-order valence-electron chi connectivity index (χ0n) is 23.8. The third-order valence-corrected chi connectivity index (χ3v) is 8.16. The van der Waals surface area contributed by atoms with Crippen LogP contribution < -0.4 is 4.74 Å². The van der Waals surface area contributed by atoms with Crippen molar-refractivity contribution in [3.63, 3.8) is 0 Å². The van der Waals surface area contributed by atoms with Crippen LogP contribution in [0.2, 0.25) is 0 Å². The van der Waals surface area contributed by atoms with Crippen LogP contribution in [-0.2, 0) is 9.59 Å². The van der Waals surface area contributed by atoms with Crippen molar-refractivity contribution in [1.82, 2.24) is 14.7 Å². The molecule has 2 heterocycles. The Balaban J connectivity index is 1.53. The van der Waals surface area contributed by atoms with E-state index in [1.807, 2.05) is 40.1 Å². The monoisotopic (exact) mass is 559 g/mol. The number of rotatable bonds is 6. The van der Waals surface area contributed by atoms with Crippen LogP contribution in [0.25, 0.3) is 0 Å². The number of carbonyl (C=O) groups excluding carboxylic acids is 2. The van der Waals surface area contributed by atoms with Crippen LogP contribution in [-0.4, -0.2) is 71.6 Å². The van der Waals surface area contributed by atoms with Crippen LogP contribution in [0.1, 0.15) is 64.1 Å². The van der Waals surface area contributed by atoms with Gasteiger partial charge in [0.05, 0.1) is 6.04 Å². The Morgan fingerprint density at radius 1 is 0.900 bits per heavy atom. The predicted octanol–water partition coefficient (Wildman–Crippen LogP) is 5.88. The molecule has 2 saturated heterocycles. The normalized spacial score (nSPS) is 20.3. The lowest BCUT2D eigenvalue weighted by molar-refractivity contribution is -0.274. The number of piperazine rings is 1. The van der Waals surface area contributed by atoms with Crippen LogP contribution >= 0.6 is 0 Å². The fourth-order valence-corrected chi connectivity index (χ4v) is 6.00. The Morgan fingerprint density at radius 2 is 1.50 bits per heavy atom. The van der Waals surface area contributed by atoms with Gasteiger partial charge >= 0.3 is 6.36 Å². The maximum Gasteiger partial charge on any atom is 0.573 e. The highest BCUT2D eigenvalue weighted by atomic mass is 19.4. The van der Waals surface area contributed by atoms with Gasteiger partial charge in [-0.05, 0) is 47.4 Å². The van der Waals surface area contributed by atoms with Crippen LogP contribution in [0.15, 0.2) is 54.6 Å². The number of halogens is 3. The maximum atomic E-state index is 13.6. The molecule has 2 fully saturated rings. The molecule has 0 aliphatic carbocycles. The Hall–Kier alpha value is -3.07. The molecule has 2 aromatic rings. The first-order valence-electron chi connectivity index (χ1n) is 14.0. The molecule has 0 aromatic heterocycles. The summed E-state index contributed by atoms with van der Waals surface area (Å²) in [5, 5.41) is 0. The Morgan fingerprint density at radius 3 is 2.05 bits per heavy atom. The second-order valence-corrected chi connectivity index (χ2v) is 12.0. The van der Waals surface area contributed by atoms with Gasteiger partial charge in [-0.15, -0.1) is 13.2 Å². The van der Waals surface area contributed by atoms with Crippen LogP contribution in [0.5, 0.6) is 5.75 Å². The van der Waals surface area contributed by atoms with Gasteiger partial charge in [0.1, 0.15) is 5.75 Å². The van der Waals surface area contributed by atoms with Gasteiger partial charge in [-0.3, -0.25) is 14.5 Å². The Labute approximate surface area is 235 Å². The van der Waals surface area contributed by atoms with Gasteiger partial charge in [0.2, 0.25) is 11.8 Å². The van der Waals surface area contributed by atoms with Crippen molar-refractivity contribution in [3.05, 3.63) is 65.7 Å². The van der Waals surface area contributed by atoms with Crippen molar-refractivity contribution in [3.8, 4) is 5.75 Å². The highest BCUT2D eigenvalue weighted by Crippen LogP contribution is 2.36. The lowest BCUT2D eigenvalue weighted by Gasteiger charge is -2.50. The SMILES string of the molecule is CC(=O)N1CCC(CC(=O)N2CCN([C@@H](c3ccccc3)c3ccc(OC(F)(F)F)cc3)C[C@@H]2C(C)(C)C)CC1. The Bertz CT molecular complexity index is 1140. The van der Waals surface area contributed by atoms with E-state index in [4.69, 9.17) is 0 Å². The van der Waals surface area contributed by atoms with Crippen molar-refractivity contribution in [2.24, 2.45) is 11.3 Å². The molecule has 4 rings (SSSR count). The molecule has 0 saturated carbocycles. The fraction of sp³-hybridized carbons (Fsp3) is 0.548. The standard InChI is InChI=1S/C31H40F3N3O3/c1-22(38)35-16-14-23(15-17-35)20-28(39)37-19-18-36(21-27(37)30(2,3)4)29(24-8-6-5-7-9-24)25-10-12-26(13-11-25)40-31(32,33)34/h5-13,23,27,29H,14-21H2,1-4H3/t27-,29+/m1/s1. The van der Waals surface area contributed by atoms with E-state index in [9.17, 15) is 22.8 Å². The molecule has 40 heavy (non-hydrogen) atoms. The van der Waals surface area contributed by atoms with E-state index in [0.29, 0.717) is 39.1 Å². The molecule has 0 unspecified atom stereocenters. The van der Waals surface area contributed by atoms with Gasteiger partial charge in [-0.25, -0.2) is 0 Å². The summed E-state index contributed by atoms with van der Waals surface area (Å²) in [6.45, 7) is 11.3. The average molecular weight is 560 g/mol. The number of likely N-dealkylation sites (tertiary alicyclic amines) is 1. The zero-order chi connectivity index (χ0) is 29.1. The number of amides is 2. The smallest absolute Gasteiger partial charge is 0.406 e. The number of benzene rings is 2. The largest absolute Gasteiger partial charge is 0.573 e. The maximum absolute atomic E-state index is 13.6. The Kier molecular flexibility index (Phi) is 9.12. The molecule has 2 amide bonds. The van der Waals surface area contributed by atoms with Gasteiger partial charge in [0, 0.05) is 52.1 Å². The summed E-state index contributed by atoms with van der Waals surface area (Å²) in [6, 6.07) is 15.8. The highest BCUT2D eigenvalue weighted by Gasteiger charge is 2.41. The van der Waals surface area contributed by atoms with E-state index in [-0.39, 0.29) is 41.0 Å². The molecule has 0 radical (unpaired) electrons. The summed E-state index contributed by atoms with van der Waals surface area (Å²) in [5.41, 5.74) is 1.72. The van der Waals surface area contributed by atoms with E-state index >= 15 is 0 Å².